The van der Waals surface area contributed by atoms with Gasteiger partial charge in [0.2, 0.25) is 0 Å². The number of ether oxygens (including phenoxy) is 2. The van der Waals surface area contributed by atoms with Gasteiger partial charge in [0.15, 0.2) is 11.6 Å². The zero-order chi connectivity index (χ0) is 13.4. The van der Waals surface area contributed by atoms with E-state index in [9.17, 15) is 8.78 Å². The fraction of sp³-hybridized carbons (Fsp3) is 0.538. The summed E-state index contributed by atoms with van der Waals surface area (Å²) >= 11 is 0. The Morgan fingerprint density at radius 2 is 1.61 bits per heavy atom. The fourth-order valence-corrected chi connectivity index (χ4v) is 1.61. The predicted molar refractivity (Wildman–Crippen MR) is 65.4 cm³/mol. The van der Waals surface area contributed by atoms with Gasteiger partial charge in [0, 0.05) is 33.9 Å². The monoisotopic (exact) mass is 259 g/mol. The van der Waals surface area contributed by atoms with Gasteiger partial charge in [-0.3, -0.25) is 4.90 Å². The lowest BCUT2D eigenvalue weighted by molar-refractivity contribution is 0.110. The molecule has 0 radical (unpaired) electrons. The molecule has 5 heteroatoms. The molecule has 0 atom stereocenters. The van der Waals surface area contributed by atoms with Crippen molar-refractivity contribution in [2.45, 2.75) is 6.54 Å². The van der Waals surface area contributed by atoms with Crippen molar-refractivity contribution in [2.75, 3.05) is 40.5 Å². The Kier molecular flexibility index (Phi) is 6.78. The van der Waals surface area contributed by atoms with Gasteiger partial charge in [-0.1, -0.05) is 6.07 Å². The van der Waals surface area contributed by atoms with Crippen molar-refractivity contribution in [3.8, 4) is 0 Å². The van der Waals surface area contributed by atoms with Gasteiger partial charge >= 0.3 is 0 Å². The molecule has 0 heterocycles. The molecule has 0 N–H and O–H groups in total. The summed E-state index contributed by atoms with van der Waals surface area (Å²) in [5.41, 5.74) is 0.737. The molecule has 0 aliphatic carbocycles. The fourth-order valence-electron chi connectivity index (χ4n) is 1.61. The SMILES string of the molecule is COCCN(CCOC)Cc1ccc(F)c(F)c1. The molecule has 0 unspecified atom stereocenters. The Morgan fingerprint density at radius 1 is 1.00 bits per heavy atom. The molecule has 0 spiro atoms. The van der Waals surface area contributed by atoms with Crippen molar-refractivity contribution in [1.82, 2.24) is 4.90 Å². The maximum atomic E-state index is 13.1. The van der Waals surface area contributed by atoms with Crippen LogP contribution in [0.2, 0.25) is 0 Å². The first-order chi connectivity index (χ1) is 8.67. The first kappa shape index (κ1) is 15.0. The highest BCUT2D eigenvalue weighted by atomic mass is 19.2. The number of benzene rings is 1. The third kappa shape index (κ3) is 5.08. The molecular formula is C13H19F2NO2. The van der Waals surface area contributed by atoms with E-state index in [1.807, 2.05) is 0 Å². The van der Waals surface area contributed by atoms with Crippen molar-refractivity contribution in [3.05, 3.63) is 35.4 Å². The molecule has 18 heavy (non-hydrogen) atoms. The molecule has 1 aromatic rings. The zero-order valence-electron chi connectivity index (χ0n) is 10.8. The number of rotatable bonds is 8. The van der Waals surface area contributed by atoms with Crippen LogP contribution in [0, 0.1) is 11.6 Å². The van der Waals surface area contributed by atoms with Crippen LogP contribution < -0.4 is 0 Å². The summed E-state index contributed by atoms with van der Waals surface area (Å²) in [6.07, 6.45) is 0. The largest absolute Gasteiger partial charge is 0.383 e. The lowest BCUT2D eigenvalue weighted by Gasteiger charge is -2.21. The molecule has 1 aromatic carbocycles. The Balaban J connectivity index is 2.59. The van der Waals surface area contributed by atoms with Gasteiger partial charge < -0.3 is 9.47 Å². The van der Waals surface area contributed by atoms with Crippen LogP contribution in [0.25, 0.3) is 0 Å². The van der Waals surface area contributed by atoms with E-state index in [0.29, 0.717) is 19.8 Å². The van der Waals surface area contributed by atoms with Gasteiger partial charge in [0.25, 0.3) is 0 Å². The van der Waals surface area contributed by atoms with Crippen molar-refractivity contribution < 1.29 is 18.3 Å². The minimum atomic E-state index is -0.820. The second kappa shape index (κ2) is 8.13. The van der Waals surface area contributed by atoms with E-state index in [1.165, 1.54) is 6.07 Å². The minimum Gasteiger partial charge on any atom is -0.383 e. The maximum absolute atomic E-state index is 13.1. The second-order valence-corrected chi connectivity index (χ2v) is 4.01. The summed E-state index contributed by atoms with van der Waals surface area (Å²) in [7, 11) is 3.26. The molecule has 0 amide bonds. The van der Waals surface area contributed by atoms with Crippen molar-refractivity contribution in [2.24, 2.45) is 0 Å². The normalized spacial score (nSPS) is 11.2. The minimum absolute atomic E-state index is 0.546. The van der Waals surface area contributed by atoms with Crippen LogP contribution in [0.4, 0.5) is 8.78 Å². The van der Waals surface area contributed by atoms with E-state index in [0.717, 1.165) is 24.7 Å². The Hall–Kier alpha value is -1.04. The lowest BCUT2D eigenvalue weighted by Crippen LogP contribution is -2.30. The van der Waals surface area contributed by atoms with E-state index < -0.39 is 11.6 Å². The molecule has 3 nitrogen and oxygen atoms in total. The van der Waals surface area contributed by atoms with E-state index in [2.05, 4.69) is 4.90 Å². The molecular weight excluding hydrogens is 240 g/mol. The molecule has 0 bridgehead atoms. The molecule has 0 aliphatic heterocycles. The van der Waals surface area contributed by atoms with Gasteiger partial charge in [-0.15, -0.1) is 0 Å². The first-order valence-corrected chi connectivity index (χ1v) is 5.81. The Labute approximate surface area is 106 Å². The maximum Gasteiger partial charge on any atom is 0.159 e. The van der Waals surface area contributed by atoms with E-state index in [-0.39, 0.29) is 0 Å². The molecule has 0 aromatic heterocycles. The summed E-state index contributed by atoms with van der Waals surface area (Å²) in [4.78, 5) is 2.07. The van der Waals surface area contributed by atoms with Gasteiger partial charge in [-0.05, 0) is 17.7 Å². The molecule has 1 rings (SSSR count). The Bertz CT molecular complexity index is 353. The van der Waals surface area contributed by atoms with Crippen LogP contribution in [-0.4, -0.2) is 45.4 Å². The smallest absolute Gasteiger partial charge is 0.159 e. The van der Waals surface area contributed by atoms with E-state index in [1.54, 1.807) is 20.3 Å². The highest BCUT2D eigenvalue weighted by Crippen LogP contribution is 2.10. The average Bonchev–Trinajstić information content (AvgIpc) is 2.37. The predicted octanol–water partition coefficient (Wildman–Crippen LogP) is 2.06. The first-order valence-electron chi connectivity index (χ1n) is 5.81. The summed E-state index contributed by atoms with van der Waals surface area (Å²) < 4.78 is 35.9. The van der Waals surface area contributed by atoms with Crippen LogP contribution in [-0.2, 0) is 16.0 Å². The van der Waals surface area contributed by atoms with Crippen LogP contribution in [0.3, 0.4) is 0 Å². The highest BCUT2D eigenvalue weighted by molar-refractivity contribution is 5.17. The molecule has 102 valence electrons. The lowest BCUT2D eigenvalue weighted by atomic mass is 10.2. The van der Waals surface area contributed by atoms with E-state index >= 15 is 0 Å². The molecule has 0 aliphatic rings. The summed E-state index contributed by atoms with van der Waals surface area (Å²) in [5.74, 6) is -1.63. The number of nitrogens with zero attached hydrogens (tertiary/aromatic N) is 1. The van der Waals surface area contributed by atoms with Gasteiger partial charge in [-0.25, -0.2) is 8.78 Å². The van der Waals surface area contributed by atoms with Crippen molar-refractivity contribution >= 4 is 0 Å². The molecule has 0 saturated carbocycles. The van der Waals surface area contributed by atoms with Gasteiger partial charge in [0.05, 0.1) is 13.2 Å². The van der Waals surface area contributed by atoms with Gasteiger partial charge in [0.1, 0.15) is 0 Å². The van der Waals surface area contributed by atoms with Gasteiger partial charge in [-0.2, -0.15) is 0 Å². The zero-order valence-corrected chi connectivity index (χ0v) is 10.8. The summed E-state index contributed by atoms with van der Waals surface area (Å²) in [6.45, 7) is 3.17. The number of halogens is 2. The summed E-state index contributed by atoms with van der Waals surface area (Å²) in [6, 6.07) is 3.96. The van der Waals surface area contributed by atoms with Crippen molar-refractivity contribution in [3.63, 3.8) is 0 Å². The third-order valence-electron chi connectivity index (χ3n) is 2.61. The highest BCUT2D eigenvalue weighted by Gasteiger charge is 2.08. The standard InChI is InChI=1S/C13H19F2NO2/c1-17-7-5-16(6-8-18-2)10-11-3-4-12(14)13(15)9-11/h3-4,9H,5-8,10H2,1-2H3. The van der Waals surface area contributed by atoms with Crippen molar-refractivity contribution in [1.29, 1.82) is 0 Å². The van der Waals surface area contributed by atoms with Crippen LogP contribution in [0.15, 0.2) is 18.2 Å². The third-order valence-corrected chi connectivity index (χ3v) is 2.61. The molecule has 0 fully saturated rings. The van der Waals surface area contributed by atoms with E-state index in [4.69, 9.17) is 9.47 Å². The number of hydrogen-bond donors (Lipinski definition) is 0. The van der Waals surface area contributed by atoms with Crippen LogP contribution >= 0.6 is 0 Å². The van der Waals surface area contributed by atoms with Crippen LogP contribution in [0.1, 0.15) is 5.56 Å². The Morgan fingerprint density at radius 3 is 2.11 bits per heavy atom. The second-order valence-electron chi connectivity index (χ2n) is 4.01. The molecule has 0 saturated heterocycles. The topological polar surface area (TPSA) is 21.7 Å². The quantitative estimate of drug-likeness (QED) is 0.713. The average molecular weight is 259 g/mol. The number of methoxy groups -OCH3 is 2. The number of hydrogen-bond acceptors (Lipinski definition) is 3. The summed E-state index contributed by atoms with van der Waals surface area (Å²) in [5, 5.41) is 0. The van der Waals surface area contributed by atoms with Crippen LogP contribution in [0.5, 0.6) is 0 Å².